The summed E-state index contributed by atoms with van der Waals surface area (Å²) >= 11 is 0. The second-order valence-corrected chi connectivity index (χ2v) is 2.19. The molecule has 0 fully saturated rings. The lowest BCUT2D eigenvalue weighted by atomic mass is 9.86. The van der Waals surface area contributed by atoms with Gasteiger partial charge in [0.05, 0.1) is 0 Å². The zero-order valence-electron chi connectivity index (χ0n) is 6.27. The van der Waals surface area contributed by atoms with Gasteiger partial charge in [0.1, 0.15) is 6.73 Å². The van der Waals surface area contributed by atoms with Crippen LogP contribution in [0.1, 0.15) is 0 Å². The van der Waals surface area contributed by atoms with Crippen LogP contribution in [0.2, 0.25) is 0 Å². The Morgan fingerprint density at radius 3 is 2.91 bits per heavy atom. The first-order valence-electron chi connectivity index (χ1n) is 3.26. The maximum atomic E-state index is 8.80. The van der Waals surface area contributed by atoms with Gasteiger partial charge in [0, 0.05) is 18.9 Å². The van der Waals surface area contributed by atoms with Gasteiger partial charge in [-0.1, -0.05) is 0 Å². The van der Waals surface area contributed by atoms with Gasteiger partial charge in [-0.15, -0.1) is 0 Å². The van der Waals surface area contributed by atoms with Crippen LogP contribution in [0.15, 0.2) is 18.3 Å². The van der Waals surface area contributed by atoms with Crippen molar-refractivity contribution in [2.75, 3.05) is 7.11 Å². The Morgan fingerprint density at radius 1 is 1.64 bits per heavy atom. The average molecular weight is 155 g/mol. The largest absolute Gasteiger partial charge is 0.506 e. The quantitative estimate of drug-likeness (QED) is 0.537. The van der Waals surface area contributed by atoms with Gasteiger partial charge in [-0.25, -0.2) is 0 Å². The molecule has 0 aliphatic heterocycles. The van der Waals surface area contributed by atoms with E-state index in [2.05, 4.69) is 0 Å². The van der Waals surface area contributed by atoms with Crippen LogP contribution in [0.4, 0.5) is 0 Å². The highest BCUT2D eigenvalue weighted by Crippen LogP contribution is 1.88. The predicted molar refractivity (Wildman–Crippen MR) is 41.3 cm³/mol. The second-order valence-electron chi connectivity index (χ2n) is 2.19. The highest BCUT2D eigenvalue weighted by molar-refractivity contribution is 6.57. The minimum absolute atomic E-state index is 0.333. The number of aromatic nitrogens is 1. The van der Waals surface area contributed by atoms with Crippen LogP contribution in [0.3, 0.4) is 0 Å². The molecule has 0 aromatic carbocycles. The third-order valence-electron chi connectivity index (χ3n) is 1.40. The molecule has 1 heterocycles. The first kappa shape index (κ1) is 8.32. The molecule has 11 heavy (non-hydrogen) atoms. The third-order valence-corrected chi connectivity index (χ3v) is 1.40. The van der Waals surface area contributed by atoms with Gasteiger partial charge in [-0.3, -0.25) is 0 Å². The van der Waals surface area contributed by atoms with Gasteiger partial charge in [0.25, 0.3) is 0 Å². The van der Waals surface area contributed by atoms with Gasteiger partial charge in [-0.05, 0) is 12.1 Å². The molecule has 4 nitrogen and oxygen atoms in total. The summed E-state index contributed by atoms with van der Waals surface area (Å²) in [5.74, 6) is 0. The van der Waals surface area contributed by atoms with E-state index in [1.54, 1.807) is 30.0 Å². The Labute approximate surface area is 65.2 Å². The molecular weight excluding hydrogens is 145 g/mol. The molecule has 0 aliphatic rings. The van der Waals surface area contributed by atoms with Crippen molar-refractivity contribution in [3.8, 4) is 0 Å². The molecule has 2 N–H and O–H groups in total. The number of rotatable bonds is 3. The molecule has 0 bridgehead atoms. The fourth-order valence-corrected chi connectivity index (χ4v) is 0.918. The van der Waals surface area contributed by atoms with Crippen molar-refractivity contribution < 1.29 is 14.8 Å². The van der Waals surface area contributed by atoms with E-state index in [4.69, 9.17) is 14.8 Å². The fourth-order valence-electron chi connectivity index (χ4n) is 0.918. The zero-order chi connectivity index (χ0) is 8.27. The van der Waals surface area contributed by atoms with Crippen LogP contribution in [-0.4, -0.2) is 28.8 Å². The molecular formula is C6H10BNO3. The van der Waals surface area contributed by atoms with Crippen molar-refractivity contribution in [2.24, 2.45) is 0 Å². The second kappa shape index (κ2) is 3.57. The van der Waals surface area contributed by atoms with Crippen molar-refractivity contribution in [3.05, 3.63) is 18.3 Å². The number of hydrogen-bond donors (Lipinski definition) is 2. The van der Waals surface area contributed by atoms with E-state index in [9.17, 15) is 0 Å². The first-order chi connectivity index (χ1) is 5.25. The van der Waals surface area contributed by atoms with Crippen LogP contribution in [0.5, 0.6) is 0 Å². The zero-order valence-corrected chi connectivity index (χ0v) is 6.27. The Kier molecular flexibility index (Phi) is 2.70. The number of methoxy groups -OCH3 is 1. The van der Waals surface area contributed by atoms with Crippen LogP contribution >= 0.6 is 0 Å². The van der Waals surface area contributed by atoms with E-state index in [0.717, 1.165) is 0 Å². The van der Waals surface area contributed by atoms with E-state index in [1.807, 2.05) is 0 Å². The Morgan fingerprint density at radius 2 is 2.36 bits per heavy atom. The van der Waals surface area contributed by atoms with Crippen molar-refractivity contribution >= 4 is 12.7 Å². The summed E-state index contributed by atoms with van der Waals surface area (Å²) in [5, 5.41) is 17.6. The molecule has 0 saturated carbocycles. The van der Waals surface area contributed by atoms with Crippen LogP contribution < -0.4 is 5.59 Å². The van der Waals surface area contributed by atoms with E-state index in [0.29, 0.717) is 12.3 Å². The Balaban J connectivity index is 2.78. The number of nitrogens with zero attached hydrogens (tertiary/aromatic N) is 1. The highest BCUT2D eigenvalue weighted by Gasteiger charge is 2.14. The van der Waals surface area contributed by atoms with Gasteiger partial charge in [-0.2, -0.15) is 0 Å². The molecule has 0 spiro atoms. The van der Waals surface area contributed by atoms with Gasteiger partial charge in [0.2, 0.25) is 0 Å². The SMILES string of the molecule is COCn1cccc1B(O)O. The van der Waals surface area contributed by atoms with Gasteiger partial charge in [0.15, 0.2) is 0 Å². The maximum absolute atomic E-state index is 8.80. The van der Waals surface area contributed by atoms with E-state index >= 15 is 0 Å². The van der Waals surface area contributed by atoms with Crippen LogP contribution in [-0.2, 0) is 11.5 Å². The van der Waals surface area contributed by atoms with Gasteiger partial charge < -0.3 is 19.4 Å². The van der Waals surface area contributed by atoms with Crippen molar-refractivity contribution in [1.82, 2.24) is 4.57 Å². The molecule has 1 aromatic rings. The summed E-state index contributed by atoms with van der Waals surface area (Å²) in [6, 6.07) is 3.36. The predicted octanol–water partition coefficient (Wildman–Crippen LogP) is -1.23. The molecule has 0 aliphatic carbocycles. The lowest BCUT2D eigenvalue weighted by molar-refractivity contribution is 0.133. The molecule has 0 amide bonds. The van der Waals surface area contributed by atoms with E-state index in [1.165, 1.54) is 0 Å². The molecule has 0 atom stereocenters. The Hall–Kier alpha value is -0.775. The molecule has 5 heteroatoms. The summed E-state index contributed by atoms with van der Waals surface area (Å²) in [7, 11) is 0.119. The minimum Gasteiger partial charge on any atom is -0.422 e. The maximum Gasteiger partial charge on any atom is 0.506 e. The molecule has 0 radical (unpaired) electrons. The summed E-state index contributed by atoms with van der Waals surface area (Å²) in [5.41, 5.74) is 0.437. The van der Waals surface area contributed by atoms with Crippen molar-refractivity contribution in [3.63, 3.8) is 0 Å². The average Bonchev–Trinajstić information content (AvgIpc) is 2.36. The molecule has 0 saturated heterocycles. The fraction of sp³-hybridized carbons (Fsp3) is 0.333. The van der Waals surface area contributed by atoms with Crippen molar-refractivity contribution in [1.29, 1.82) is 0 Å². The molecule has 1 rings (SSSR count). The minimum atomic E-state index is -1.43. The van der Waals surface area contributed by atoms with E-state index < -0.39 is 7.12 Å². The smallest absolute Gasteiger partial charge is 0.422 e. The molecule has 0 unspecified atom stereocenters. The summed E-state index contributed by atoms with van der Waals surface area (Å²) in [4.78, 5) is 0. The number of hydrogen-bond acceptors (Lipinski definition) is 3. The van der Waals surface area contributed by atoms with Crippen LogP contribution in [0.25, 0.3) is 0 Å². The normalized spacial score (nSPS) is 10.1. The number of ether oxygens (including phenoxy) is 1. The third kappa shape index (κ3) is 1.83. The standard InChI is InChI=1S/C6H10BNO3/c1-11-5-8-4-2-3-6(8)7(9)10/h2-4,9-10H,5H2,1H3. The van der Waals surface area contributed by atoms with E-state index in [-0.39, 0.29) is 0 Å². The summed E-state index contributed by atoms with van der Waals surface area (Å²) in [6.45, 7) is 0.333. The monoisotopic (exact) mass is 155 g/mol. The summed E-state index contributed by atoms with van der Waals surface area (Å²) < 4.78 is 6.43. The molecule has 1 aromatic heterocycles. The van der Waals surface area contributed by atoms with Crippen molar-refractivity contribution in [2.45, 2.75) is 6.73 Å². The first-order valence-corrected chi connectivity index (χ1v) is 3.26. The molecule has 60 valence electrons. The lowest BCUT2D eigenvalue weighted by Gasteiger charge is -2.05. The lowest BCUT2D eigenvalue weighted by Crippen LogP contribution is -2.36. The van der Waals surface area contributed by atoms with Gasteiger partial charge >= 0.3 is 7.12 Å². The highest BCUT2D eigenvalue weighted by atomic mass is 16.5. The topological polar surface area (TPSA) is 54.6 Å². The van der Waals surface area contributed by atoms with Crippen LogP contribution in [0, 0.1) is 0 Å². The Bertz CT molecular complexity index is 223. The summed E-state index contributed by atoms with van der Waals surface area (Å²) in [6.07, 6.45) is 1.72.